The van der Waals surface area contributed by atoms with Crippen LogP contribution in [0, 0.1) is 5.92 Å². The Balaban J connectivity index is 1.34. The molecule has 142 valence electrons. The van der Waals surface area contributed by atoms with Crippen LogP contribution in [-0.2, 0) is 4.79 Å². The highest BCUT2D eigenvalue weighted by Gasteiger charge is 2.27. The SMILES string of the molecule is O=C(Nc1ccccc1)C1CCN(C(=O)NCCOc2ccccc2)CC1. The van der Waals surface area contributed by atoms with E-state index in [0.29, 0.717) is 39.1 Å². The molecule has 3 amide bonds. The minimum atomic E-state index is -0.103. The molecule has 0 bridgehead atoms. The number of nitrogens with zero attached hydrogens (tertiary/aromatic N) is 1. The Hall–Kier alpha value is -3.02. The van der Waals surface area contributed by atoms with Gasteiger partial charge >= 0.3 is 6.03 Å². The van der Waals surface area contributed by atoms with Gasteiger partial charge in [-0.2, -0.15) is 0 Å². The van der Waals surface area contributed by atoms with Gasteiger partial charge in [-0.3, -0.25) is 4.79 Å². The molecule has 1 fully saturated rings. The minimum Gasteiger partial charge on any atom is -0.492 e. The Kier molecular flexibility index (Phi) is 6.68. The summed E-state index contributed by atoms with van der Waals surface area (Å²) in [7, 11) is 0. The van der Waals surface area contributed by atoms with Crippen LogP contribution in [0.2, 0.25) is 0 Å². The fraction of sp³-hybridized carbons (Fsp3) is 0.333. The third-order valence-corrected chi connectivity index (χ3v) is 4.58. The van der Waals surface area contributed by atoms with Crippen LogP contribution in [0.1, 0.15) is 12.8 Å². The van der Waals surface area contributed by atoms with Crippen LogP contribution in [-0.4, -0.2) is 43.1 Å². The average Bonchev–Trinajstić information content (AvgIpc) is 2.72. The third kappa shape index (κ3) is 5.74. The van der Waals surface area contributed by atoms with Gasteiger partial charge in [-0.15, -0.1) is 0 Å². The lowest BCUT2D eigenvalue weighted by atomic mass is 9.96. The summed E-state index contributed by atoms with van der Waals surface area (Å²) in [6.45, 7) is 2.03. The molecule has 3 rings (SSSR count). The molecule has 1 aliphatic heterocycles. The quantitative estimate of drug-likeness (QED) is 0.771. The molecular formula is C21H25N3O3. The van der Waals surface area contributed by atoms with Crippen molar-refractivity contribution in [2.45, 2.75) is 12.8 Å². The maximum atomic E-state index is 12.3. The standard InChI is InChI=1S/C21H25N3O3/c25-20(23-18-7-3-1-4-8-18)17-11-14-24(15-12-17)21(26)22-13-16-27-19-9-5-2-6-10-19/h1-10,17H,11-16H2,(H,22,26)(H,23,25). The number of urea groups is 1. The molecule has 0 aromatic heterocycles. The van der Waals surface area contributed by atoms with Gasteiger partial charge in [0.1, 0.15) is 12.4 Å². The van der Waals surface area contributed by atoms with Crippen molar-refractivity contribution in [3.8, 4) is 5.75 Å². The number of ether oxygens (including phenoxy) is 1. The summed E-state index contributed by atoms with van der Waals surface area (Å²) >= 11 is 0. The molecule has 1 heterocycles. The summed E-state index contributed by atoms with van der Waals surface area (Å²) < 4.78 is 5.56. The number of nitrogens with one attached hydrogen (secondary N) is 2. The molecule has 27 heavy (non-hydrogen) atoms. The van der Waals surface area contributed by atoms with Crippen molar-refractivity contribution in [3.63, 3.8) is 0 Å². The van der Waals surface area contributed by atoms with E-state index in [2.05, 4.69) is 10.6 Å². The molecule has 2 aromatic rings. The number of para-hydroxylation sites is 2. The number of anilines is 1. The fourth-order valence-electron chi connectivity index (χ4n) is 3.07. The molecular weight excluding hydrogens is 342 g/mol. The smallest absolute Gasteiger partial charge is 0.317 e. The van der Waals surface area contributed by atoms with Gasteiger partial charge in [0.2, 0.25) is 5.91 Å². The van der Waals surface area contributed by atoms with E-state index in [9.17, 15) is 9.59 Å². The number of hydrogen-bond donors (Lipinski definition) is 2. The lowest BCUT2D eigenvalue weighted by Gasteiger charge is -2.31. The lowest BCUT2D eigenvalue weighted by Crippen LogP contribution is -2.46. The molecule has 2 aromatic carbocycles. The maximum Gasteiger partial charge on any atom is 0.317 e. The summed E-state index contributed by atoms with van der Waals surface area (Å²) in [6, 6.07) is 18.9. The Morgan fingerprint density at radius 3 is 2.26 bits per heavy atom. The molecule has 0 saturated carbocycles. The van der Waals surface area contributed by atoms with E-state index in [-0.39, 0.29) is 17.9 Å². The van der Waals surface area contributed by atoms with Gasteiger partial charge in [0, 0.05) is 24.7 Å². The van der Waals surface area contributed by atoms with Gasteiger partial charge in [-0.1, -0.05) is 36.4 Å². The Morgan fingerprint density at radius 1 is 0.963 bits per heavy atom. The van der Waals surface area contributed by atoms with Gasteiger partial charge in [-0.05, 0) is 37.1 Å². The zero-order valence-corrected chi connectivity index (χ0v) is 15.3. The summed E-state index contributed by atoms with van der Waals surface area (Å²) in [5.41, 5.74) is 0.807. The van der Waals surface area contributed by atoms with Crippen LogP contribution < -0.4 is 15.4 Å². The van der Waals surface area contributed by atoms with E-state index >= 15 is 0 Å². The number of carbonyl (C=O) groups excluding carboxylic acids is 2. The van der Waals surface area contributed by atoms with E-state index in [1.807, 2.05) is 60.7 Å². The van der Waals surface area contributed by atoms with E-state index in [4.69, 9.17) is 4.74 Å². The first kappa shape index (κ1) is 18.8. The first-order valence-electron chi connectivity index (χ1n) is 9.29. The molecule has 6 nitrogen and oxygen atoms in total. The number of hydrogen-bond acceptors (Lipinski definition) is 3. The summed E-state index contributed by atoms with van der Waals surface area (Å²) in [5, 5.41) is 5.81. The molecule has 0 unspecified atom stereocenters. The number of likely N-dealkylation sites (tertiary alicyclic amines) is 1. The normalized spacial score (nSPS) is 14.4. The highest BCUT2D eigenvalue weighted by atomic mass is 16.5. The van der Waals surface area contributed by atoms with Crippen molar-refractivity contribution >= 4 is 17.6 Å². The summed E-state index contributed by atoms with van der Waals surface area (Å²) in [4.78, 5) is 26.3. The number of piperidine rings is 1. The average molecular weight is 367 g/mol. The van der Waals surface area contributed by atoms with Gasteiger partial charge < -0.3 is 20.3 Å². The van der Waals surface area contributed by atoms with E-state index < -0.39 is 0 Å². The zero-order chi connectivity index (χ0) is 18.9. The molecule has 2 N–H and O–H groups in total. The maximum absolute atomic E-state index is 12.3. The highest BCUT2D eigenvalue weighted by molar-refractivity contribution is 5.92. The predicted octanol–water partition coefficient (Wildman–Crippen LogP) is 3.13. The molecule has 1 saturated heterocycles. The number of benzene rings is 2. The topological polar surface area (TPSA) is 70.7 Å². The predicted molar refractivity (Wildman–Crippen MR) is 105 cm³/mol. The zero-order valence-electron chi connectivity index (χ0n) is 15.3. The van der Waals surface area contributed by atoms with E-state index in [1.165, 1.54) is 0 Å². The second-order valence-electron chi connectivity index (χ2n) is 6.51. The van der Waals surface area contributed by atoms with Crippen LogP contribution in [0.5, 0.6) is 5.75 Å². The minimum absolute atomic E-state index is 0.0255. The van der Waals surface area contributed by atoms with Crippen LogP contribution in [0.15, 0.2) is 60.7 Å². The second kappa shape index (κ2) is 9.62. The number of amides is 3. The van der Waals surface area contributed by atoms with Crippen molar-refractivity contribution in [1.82, 2.24) is 10.2 Å². The second-order valence-corrected chi connectivity index (χ2v) is 6.51. The van der Waals surface area contributed by atoms with Crippen molar-refractivity contribution in [2.24, 2.45) is 5.92 Å². The van der Waals surface area contributed by atoms with E-state index in [0.717, 1.165) is 11.4 Å². The first-order chi connectivity index (χ1) is 13.2. The Morgan fingerprint density at radius 2 is 1.59 bits per heavy atom. The lowest BCUT2D eigenvalue weighted by molar-refractivity contribution is -0.121. The summed E-state index contributed by atoms with van der Waals surface area (Å²) in [6.07, 6.45) is 1.35. The number of rotatable bonds is 6. The van der Waals surface area contributed by atoms with Crippen LogP contribution in [0.3, 0.4) is 0 Å². The van der Waals surface area contributed by atoms with Gasteiger partial charge in [-0.25, -0.2) is 4.79 Å². The number of carbonyl (C=O) groups is 2. The summed E-state index contributed by atoms with van der Waals surface area (Å²) in [5.74, 6) is 0.755. The van der Waals surface area contributed by atoms with Crippen LogP contribution >= 0.6 is 0 Å². The van der Waals surface area contributed by atoms with Crippen molar-refractivity contribution < 1.29 is 14.3 Å². The fourth-order valence-corrected chi connectivity index (χ4v) is 3.07. The Bertz CT molecular complexity index is 729. The van der Waals surface area contributed by atoms with E-state index in [1.54, 1.807) is 4.90 Å². The molecule has 1 aliphatic rings. The monoisotopic (exact) mass is 367 g/mol. The van der Waals surface area contributed by atoms with Gasteiger partial charge in [0.25, 0.3) is 0 Å². The largest absolute Gasteiger partial charge is 0.492 e. The van der Waals surface area contributed by atoms with Crippen LogP contribution in [0.4, 0.5) is 10.5 Å². The van der Waals surface area contributed by atoms with Crippen LogP contribution in [0.25, 0.3) is 0 Å². The third-order valence-electron chi connectivity index (χ3n) is 4.58. The Labute approximate surface area is 159 Å². The molecule has 0 aliphatic carbocycles. The van der Waals surface area contributed by atoms with Crippen molar-refractivity contribution in [2.75, 3.05) is 31.6 Å². The van der Waals surface area contributed by atoms with Gasteiger partial charge in [0.15, 0.2) is 0 Å². The van der Waals surface area contributed by atoms with Gasteiger partial charge in [0.05, 0.1) is 6.54 Å². The molecule has 0 atom stereocenters. The first-order valence-corrected chi connectivity index (χ1v) is 9.29. The van der Waals surface area contributed by atoms with Crippen molar-refractivity contribution in [3.05, 3.63) is 60.7 Å². The molecule has 6 heteroatoms. The van der Waals surface area contributed by atoms with Crippen molar-refractivity contribution in [1.29, 1.82) is 0 Å². The molecule has 0 radical (unpaired) electrons. The molecule has 0 spiro atoms. The highest BCUT2D eigenvalue weighted by Crippen LogP contribution is 2.19.